The number of ether oxygens (including phenoxy) is 2. The van der Waals surface area contributed by atoms with Crippen molar-refractivity contribution in [3.8, 4) is 5.75 Å². The molecule has 6 heteroatoms. The van der Waals surface area contributed by atoms with E-state index in [9.17, 15) is 18.0 Å². The van der Waals surface area contributed by atoms with Gasteiger partial charge in [-0.1, -0.05) is 48.0 Å². The van der Waals surface area contributed by atoms with E-state index in [4.69, 9.17) is 9.47 Å². The molecule has 0 saturated heterocycles. The first kappa shape index (κ1) is 17.1. The Hall–Kier alpha value is -2.76. The molecule has 0 aromatic heterocycles. The third-order valence-corrected chi connectivity index (χ3v) is 3.78. The third-order valence-electron chi connectivity index (χ3n) is 3.78. The van der Waals surface area contributed by atoms with Crippen molar-refractivity contribution in [3.05, 3.63) is 70.8 Å². The topological polar surface area (TPSA) is 35.5 Å². The number of esters is 1. The predicted octanol–water partition coefficient (Wildman–Crippen LogP) is 4.45. The maximum Gasteiger partial charge on any atom is 0.430 e. The zero-order valence-corrected chi connectivity index (χ0v) is 13.3. The van der Waals surface area contributed by atoms with Crippen LogP contribution < -0.4 is 4.74 Å². The van der Waals surface area contributed by atoms with E-state index in [0.29, 0.717) is 11.1 Å². The number of rotatable bonds is 3. The van der Waals surface area contributed by atoms with Crippen molar-refractivity contribution in [3.63, 3.8) is 0 Å². The Bertz CT molecular complexity index is 807. The first-order valence-corrected chi connectivity index (χ1v) is 7.61. The van der Waals surface area contributed by atoms with E-state index in [1.807, 2.05) is 19.1 Å². The van der Waals surface area contributed by atoms with Crippen LogP contribution in [0.3, 0.4) is 0 Å². The molecule has 1 heterocycles. The fourth-order valence-corrected chi connectivity index (χ4v) is 2.47. The van der Waals surface area contributed by atoms with E-state index >= 15 is 0 Å². The molecule has 0 spiro atoms. The van der Waals surface area contributed by atoms with E-state index < -0.39 is 23.8 Å². The van der Waals surface area contributed by atoms with Gasteiger partial charge in [0, 0.05) is 5.56 Å². The Labute approximate surface area is 142 Å². The highest BCUT2D eigenvalue weighted by Crippen LogP contribution is 2.37. The molecule has 0 N–H and O–H groups in total. The molecule has 0 radical (unpaired) electrons. The second kappa shape index (κ2) is 6.63. The second-order valence-electron chi connectivity index (χ2n) is 5.74. The van der Waals surface area contributed by atoms with Gasteiger partial charge in [0.2, 0.25) is 6.10 Å². The average molecular weight is 348 g/mol. The molecule has 0 saturated carbocycles. The zero-order chi connectivity index (χ0) is 18.0. The van der Waals surface area contributed by atoms with Crippen molar-refractivity contribution < 1.29 is 27.4 Å². The van der Waals surface area contributed by atoms with Crippen molar-refractivity contribution in [1.29, 1.82) is 0 Å². The molecule has 2 aromatic rings. The van der Waals surface area contributed by atoms with Gasteiger partial charge in [-0.15, -0.1) is 0 Å². The molecule has 2 aromatic carbocycles. The van der Waals surface area contributed by atoms with E-state index in [-0.39, 0.29) is 12.4 Å². The number of aryl methyl sites for hydroxylation is 1. The first-order chi connectivity index (χ1) is 11.8. The molecule has 0 bridgehead atoms. The lowest BCUT2D eigenvalue weighted by Crippen LogP contribution is -2.40. The van der Waals surface area contributed by atoms with Gasteiger partial charge in [0.1, 0.15) is 12.4 Å². The maximum absolute atomic E-state index is 13.3. The molecule has 0 aliphatic carbocycles. The monoisotopic (exact) mass is 348 g/mol. The van der Waals surface area contributed by atoms with Gasteiger partial charge in [-0.05, 0) is 24.6 Å². The molecular formula is C19H15F3O3. The Kier molecular flexibility index (Phi) is 4.53. The summed E-state index contributed by atoms with van der Waals surface area (Å²) in [6, 6.07) is 13.4. The zero-order valence-electron chi connectivity index (χ0n) is 13.3. The van der Waals surface area contributed by atoms with Crippen LogP contribution in [0.5, 0.6) is 5.75 Å². The van der Waals surface area contributed by atoms with E-state index in [1.165, 1.54) is 12.1 Å². The summed E-state index contributed by atoms with van der Waals surface area (Å²) in [5, 5.41) is 0. The fraction of sp³-hybridized carbons (Fsp3) is 0.211. The summed E-state index contributed by atoms with van der Waals surface area (Å²) in [4.78, 5) is 12.2. The first-order valence-electron chi connectivity index (χ1n) is 7.61. The number of halogens is 3. The SMILES string of the molecule is Cc1ccc(COC(=O)C2=Cc3ccccc3OC2C(F)(F)F)cc1. The van der Waals surface area contributed by atoms with Crippen molar-refractivity contribution >= 4 is 12.0 Å². The van der Waals surface area contributed by atoms with Gasteiger partial charge < -0.3 is 9.47 Å². The number of hydrogen-bond acceptors (Lipinski definition) is 3. The van der Waals surface area contributed by atoms with Crippen LogP contribution in [-0.2, 0) is 16.1 Å². The minimum absolute atomic E-state index is 0.0832. The van der Waals surface area contributed by atoms with Crippen molar-refractivity contribution in [2.75, 3.05) is 0 Å². The number of fused-ring (bicyclic) bond motifs is 1. The molecule has 0 amide bonds. The van der Waals surface area contributed by atoms with Gasteiger partial charge in [-0.2, -0.15) is 13.2 Å². The average Bonchev–Trinajstić information content (AvgIpc) is 2.59. The normalized spacial score (nSPS) is 16.5. The Morgan fingerprint density at radius 1 is 1.12 bits per heavy atom. The second-order valence-corrected chi connectivity index (χ2v) is 5.74. The molecule has 0 fully saturated rings. The third kappa shape index (κ3) is 3.84. The number of alkyl halides is 3. The van der Waals surface area contributed by atoms with Gasteiger partial charge in [0.15, 0.2) is 0 Å². The molecule has 3 rings (SSSR count). The summed E-state index contributed by atoms with van der Waals surface area (Å²) in [5.41, 5.74) is 1.58. The quantitative estimate of drug-likeness (QED) is 0.769. The van der Waals surface area contributed by atoms with E-state index in [1.54, 1.807) is 30.3 Å². The Morgan fingerprint density at radius 3 is 2.48 bits per heavy atom. The van der Waals surface area contributed by atoms with Crippen molar-refractivity contribution in [2.45, 2.75) is 25.8 Å². The van der Waals surface area contributed by atoms with Gasteiger partial charge >= 0.3 is 12.1 Å². The smallest absolute Gasteiger partial charge is 0.430 e. The van der Waals surface area contributed by atoms with Crippen molar-refractivity contribution in [2.24, 2.45) is 0 Å². The molecule has 130 valence electrons. The Morgan fingerprint density at radius 2 is 1.80 bits per heavy atom. The lowest BCUT2D eigenvalue weighted by Gasteiger charge is -2.27. The fourth-order valence-electron chi connectivity index (χ4n) is 2.47. The molecule has 25 heavy (non-hydrogen) atoms. The number of hydrogen-bond donors (Lipinski definition) is 0. The van der Waals surface area contributed by atoms with Crippen LogP contribution in [0, 0.1) is 6.92 Å². The molecule has 1 unspecified atom stereocenters. The molecule has 1 aliphatic rings. The molecular weight excluding hydrogens is 333 g/mol. The highest BCUT2D eigenvalue weighted by Gasteiger charge is 2.48. The number of carbonyl (C=O) groups excluding carboxylic acids is 1. The summed E-state index contributed by atoms with van der Waals surface area (Å²) < 4.78 is 49.9. The van der Waals surface area contributed by atoms with E-state index in [2.05, 4.69) is 0 Å². The van der Waals surface area contributed by atoms with Gasteiger partial charge in [-0.3, -0.25) is 0 Å². The van der Waals surface area contributed by atoms with E-state index in [0.717, 1.165) is 5.56 Å². The lowest BCUT2D eigenvalue weighted by atomic mass is 10.0. The standard InChI is InChI=1S/C19H15F3O3/c1-12-6-8-13(9-7-12)11-24-18(23)15-10-14-4-2-3-5-16(14)25-17(15)19(20,21)22/h2-10,17H,11H2,1H3. The van der Waals surface area contributed by atoms with Crippen LogP contribution in [-0.4, -0.2) is 18.2 Å². The van der Waals surface area contributed by atoms with Crippen LogP contribution in [0.25, 0.3) is 6.08 Å². The summed E-state index contributed by atoms with van der Waals surface area (Å²) in [5.74, 6) is -0.961. The summed E-state index contributed by atoms with van der Waals surface area (Å²) in [6.45, 7) is 1.80. The molecule has 3 nitrogen and oxygen atoms in total. The van der Waals surface area contributed by atoms with Crippen LogP contribution >= 0.6 is 0 Å². The predicted molar refractivity (Wildman–Crippen MR) is 85.9 cm³/mol. The van der Waals surface area contributed by atoms with Gasteiger partial charge in [0.05, 0.1) is 5.57 Å². The maximum atomic E-state index is 13.3. The van der Waals surface area contributed by atoms with Gasteiger partial charge in [-0.25, -0.2) is 4.79 Å². The van der Waals surface area contributed by atoms with Gasteiger partial charge in [0.25, 0.3) is 0 Å². The summed E-state index contributed by atoms with van der Waals surface area (Å²) in [7, 11) is 0. The van der Waals surface area contributed by atoms with Crippen molar-refractivity contribution in [1.82, 2.24) is 0 Å². The highest BCUT2D eigenvalue weighted by molar-refractivity contribution is 5.96. The minimum atomic E-state index is -4.72. The lowest BCUT2D eigenvalue weighted by molar-refractivity contribution is -0.188. The number of para-hydroxylation sites is 1. The van der Waals surface area contributed by atoms with Crippen LogP contribution in [0.1, 0.15) is 16.7 Å². The van der Waals surface area contributed by atoms with Crippen LogP contribution in [0.2, 0.25) is 0 Å². The molecule has 1 atom stereocenters. The summed E-state index contributed by atoms with van der Waals surface area (Å²) in [6.07, 6.45) is -5.88. The van der Waals surface area contributed by atoms with Crippen LogP contribution in [0.4, 0.5) is 13.2 Å². The largest absolute Gasteiger partial charge is 0.475 e. The summed E-state index contributed by atoms with van der Waals surface area (Å²) >= 11 is 0. The Balaban J connectivity index is 1.82. The van der Waals surface area contributed by atoms with Crippen LogP contribution in [0.15, 0.2) is 54.1 Å². The number of carbonyl (C=O) groups is 1. The minimum Gasteiger partial charge on any atom is -0.475 e. The highest BCUT2D eigenvalue weighted by atomic mass is 19.4. The molecule has 1 aliphatic heterocycles. The number of benzene rings is 2.